The molecule has 29 heavy (non-hydrogen) atoms. The molecule has 1 fully saturated rings. The van der Waals surface area contributed by atoms with Crippen molar-refractivity contribution in [3.8, 4) is 0 Å². The lowest BCUT2D eigenvalue weighted by molar-refractivity contribution is -0.133. The summed E-state index contributed by atoms with van der Waals surface area (Å²) < 4.78 is 19.5. The molecule has 2 aliphatic rings. The second-order valence-electron chi connectivity index (χ2n) is 7.20. The van der Waals surface area contributed by atoms with E-state index >= 15 is 0 Å². The van der Waals surface area contributed by atoms with Crippen molar-refractivity contribution < 1.29 is 19.0 Å². The highest BCUT2D eigenvalue weighted by Crippen LogP contribution is 2.35. The summed E-state index contributed by atoms with van der Waals surface area (Å²) in [7, 11) is 0. The Morgan fingerprint density at radius 2 is 2.03 bits per heavy atom. The van der Waals surface area contributed by atoms with Gasteiger partial charge in [-0.05, 0) is 48.8 Å². The zero-order chi connectivity index (χ0) is 20.8. The van der Waals surface area contributed by atoms with Gasteiger partial charge in [-0.25, -0.2) is 9.18 Å². The van der Waals surface area contributed by atoms with Gasteiger partial charge in [0.1, 0.15) is 17.0 Å². The zero-order valence-corrected chi connectivity index (χ0v) is 17.9. The Bertz CT molecular complexity index is 790. The molecule has 1 saturated heterocycles. The van der Waals surface area contributed by atoms with E-state index in [2.05, 4.69) is 9.80 Å². The van der Waals surface area contributed by atoms with Crippen LogP contribution in [0.4, 0.5) is 4.39 Å². The monoisotopic (exact) mass is 420 g/mol. The van der Waals surface area contributed by atoms with Crippen molar-refractivity contribution in [2.75, 3.05) is 38.6 Å². The molecule has 2 heterocycles. The minimum absolute atomic E-state index is 0.184. The molecule has 0 saturated carbocycles. The van der Waals surface area contributed by atoms with E-state index in [1.54, 1.807) is 17.8 Å². The van der Waals surface area contributed by atoms with Crippen molar-refractivity contribution in [3.63, 3.8) is 0 Å². The number of carbonyl (C=O) groups is 1. The average Bonchev–Trinajstić information content (AvgIpc) is 2.71. The van der Waals surface area contributed by atoms with E-state index in [0.29, 0.717) is 37.3 Å². The lowest BCUT2D eigenvalue weighted by Gasteiger charge is -2.44. The third-order valence-corrected chi connectivity index (χ3v) is 6.43. The molecule has 158 valence electrons. The molecule has 0 aromatic heterocycles. The Morgan fingerprint density at radius 3 is 2.69 bits per heavy atom. The van der Waals surface area contributed by atoms with Crippen LogP contribution >= 0.6 is 11.8 Å². The molecule has 5 nitrogen and oxygen atoms in total. The summed E-state index contributed by atoms with van der Waals surface area (Å²) in [6.07, 6.45) is 3.36. The highest BCUT2D eigenvalue weighted by atomic mass is 32.2. The fourth-order valence-electron chi connectivity index (χ4n) is 3.87. The lowest BCUT2D eigenvalue weighted by atomic mass is 10.0. The molecule has 0 spiro atoms. The molecule has 1 aromatic rings. The molecule has 7 heteroatoms. The van der Waals surface area contributed by atoms with Crippen LogP contribution in [0.2, 0.25) is 0 Å². The standard InChI is InChI=1S/C22H29FN2O3S/c1-3-29-21-20(22(26)27)16(2)15-19(24-11-13-28-14-12-24)25(21)10-6-8-17-7-4-5-9-18(17)23/h4-5,7,9,15,21H,3,6,8,10-14H2,1-2H3,(H,26,27). The zero-order valence-electron chi connectivity index (χ0n) is 17.1. The van der Waals surface area contributed by atoms with Crippen molar-refractivity contribution in [1.29, 1.82) is 0 Å². The first kappa shape index (κ1) is 21.7. The molecule has 3 rings (SSSR count). The first-order valence-electron chi connectivity index (χ1n) is 10.1. The molecule has 0 aliphatic carbocycles. The number of allylic oxidation sites excluding steroid dienone is 2. The van der Waals surface area contributed by atoms with Gasteiger partial charge in [0.15, 0.2) is 0 Å². The molecule has 0 amide bonds. The summed E-state index contributed by atoms with van der Waals surface area (Å²) in [4.78, 5) is 16.5. The van der Waals surface area contributed by atoms with E-state index in [1.165, 1.54) is 6.07 Å². The number of carboxylic acids is 1. The molecular formula is C22H29FN2O3S. The second kappa shape index (κ2) is 10.2. The fourth-order valence-corrected chi connectivity index (χ4v) is 5.03. The Morgan fingerprint density at radius 1 is 1.31 bits per heavy atom. The van der Waals surface area contributed by atoms with Gasteiger partial charge >= 0.3 is 5.97 Å². The minimum atomic E-state index is -0.871. The van der Waals surface area contributed by atoms with Gasteiger partial charge in [0, 0.05) is 19.6 Å². The van der Waals surface area contributed by atoms with Gasteiger partial charge in [0.05, 0.1) is 18.8 Å². The Labute approximate surface area is 176 Å². The predicted octanol–water partition coefficient (Wildman–Crippen LogP) is 3.73. The smallest absolute Gasteiger partial charge is 0.334 e. The van der Waals surface area contributed by atoms with E-state index < -0.39 is 5.97 Å². The van der Waals surface area contributed by atoms with Crippen molar-refractivity contribution in [1.82, 2.24) is 9.80 Å². The van der Waals surface area contributed by atoms with Crippen molar-refractivity contribution >= 4 is 17.7 Å². The largest absolute Gasteiger partial charge is 0.478 e. The molecule has 0 bridgehead atoms. The number of thioether (sulfide) groups is 1. The first-order valence-corrected chi connectivity index (χ1v) is 11.2. The van der Waals surface area contributed by atoms with E-state index in [9.17, 15) is 14.3 Å². The van der Waals surface area contributed by atoms with E-state index in [1.807, 2.05) is 32.1 Å². The number of carboxylic acid groups (broad SMARTS) is 1. The minimum Gasteiger partial charge on any atom is -0.478 e. The molecule has 2 aliphatic heterocycles. The third-order valence-electron chi connectivity index (χ3n) is 5.29. The van der Waals surface area contributed by atoms with Gasteiger partial charge in [-0.2, -0.15) is 0 Å². The van der Waals surface area contributed by atoms with E-state index in [0.717, 1.165) is 36.7 Å². The summed E-state index contributed by atoms with van der Waals surface area (Å²) in [5.74, 6) is 0.811. The number of rotatable bonds is 8. The van der Waals surface area contributed by atoms with Crippen LogP contribution in [0.15, 0.2) is 47.3 Å². The first-order chi connectivity index (χ1) is 14.0. The maximum atomic E-state index is 14.0. The molecular weight excluding hydrogens is 391 g/mol. The summed E-state index contributed by atoms with van der Waals surface area (Å²) in [5, 5.41) is 9.60. The lowest BCUT2D eigenvalue weighted by Crippen LogP contribution is -2.48. The van der Waals surface area contributed by atoms with Crippen LogP contribution in [-0.2, 0) is 16.0 Å². The van der Waals surface area contributed by atoms with Gasteiger partial charge in [-0.15, -0.1) is 11.8 Å². The Kier molecular flexibility index (Phi) is 7.61. The van der Waals surface area contributed by atoms with Crippen LogP contribution in [0.5, 0.6) is 0 Å². The number of halogens is 1. The number of aryl methyl sites for hydroxylation is 1. The maximum absolute atomic E-state index is 14.0. The SMILES string of the molecule is CCSC1C(C(=O)O)=C(C)C=C(N2CCOCC2)N1CCCc1ccccc1F. The van der Waals surface area contributed by atoms with Gasteiger partial charge in [0.25, 0.3) is 0 Å². The van der Waals surface area contributed by atoms with Crippen LogP contribution < -0.4 is 0 Å². The predicted molar refractivity (Wildman–Crippen MR) is 114 cm³/mol. The normalized spacial score (nSPS) is 20.1. The van der Waals surface area contributed by atoms with Gasteiger partial charge in [-0.1, -0.05) is 25.1 Å². The fraction of sp³-hybridized carbons (Fsp3) is 0.500. The van der Waals surface area contributed by atoms with Gasteiger partial charge in [-0.3, -0.25) is 0 Å². The summed E-state index contributed by atoms with van der Waals surface area (Å²) in [5.41, 5.74) is 1.95. The molecule has 1 N–H and O–H groups in total. The van der Waals surface area contributed by atoms with Crippen LogP contribution in [0.1, 0.15) is 25.8 Å². The topological polar surface area (TPSA) is 53.0 Å². The van der Waals surface area contributed by atoms with Gasteiger partial charge in [0.2, 0.25) is 0 Å². The number of morpholine rings is 1. The number of hydrogen-bond donors (Lipinski definition) is 1. The number of nitrogens with zero attached hydrogens (tertiary/aromatic N) is 2. The highest BCUT2D eigenvalue weighted by Gasteiger charge is 2.35. The maximum Gasteiger partial charge on any atom is 0.334 e. The van der Waals surface area contributed by atoms with Crippen molar-refractivity contribution in [3.05, 3.63) is 58.7 Å². The van der Waals surface area contributed by atoms with E-state index in [4.69, 9.17) is 4.74 Å². The van der Waals surface area contributed by atoms with Crippen LogP contribution in [-0.4, -0.2) is 64.9 Å². The van der Waals surface area contributed by atoms with Crippen LogP contribution in [0.25, 0.3) is 0 Å². The average molecular weight is 421 g/mol. The number of aliphatic carboxylic acids is 1. The number of hydrogen-bond acceptors (Lipinski definition) is 5. The van der Waals surface area contributed by atoms with Crippen molar-refractivity contribution in [2.45, 2.75) is 32.1 Å². The second-order valence-corrected chi connectivity index (χ2v) is 8.56. The molecule has 1 atom stereocenters. The van der Waals surface area contributed by atoms with Gasteiger partial charge < -0.3 is 19.6 Å². The molecule has 1 unspecified atom stereocenters. The molecule has 0 radical (unpaired) electrons. The Balaban J connectivity index is 1.84. The highest BCUT2D eigenvalue weighted by molar-refractivity contribution is 8.00. The molecule has 1 aromatic carbocycles. The summed E-state index contributed by atoms with van der Waals surface area (Å²) >= 11 is 1.63. The number of ether oxygens (including phenoxy) is 1. The Hall–Kier alpha value is -1.99. The van der Waals surface area contributed by atoms with Crippen LogP contribution in [0.3, 0.4) is 0 Å². The summed E-state index contributed by atoms with van der Waals surface area (Å²) in [6, 6.07) is 6.85. The number of benzene rings is 1. The van der Waals surface area contributed by atoms with E-state index in [-0.39, 0.29) is 11.2 Å². The van der Waals surface area contributed by atoms with Crippen molar-refractivity contribution in [2.24, 2.45) is 0 Å². The third kappa shape index (κ3) is 5.14. The quantitative estimate of drug-likeness (QED) is 0.692. The van der Waals surface area contributed by atoms with Crippen LogP contribution in [0, 0.1) is 5.82 Å². The summed E-state index contributed by atoms with van der Waals surface area (Å²) in [6.45, 7) is 7.50.